The van der Waals surface area contributed by atoms with Crippen molar-refractivity contribution in [3.05, 3.63) is 77.9 Å². The number of methoxy groups -OCH3 is 2. The van der Waals surface area contributed by atoms with Crippen LogP contribution in [-0.2, 0) is 27.9 Å². The summed E-state index contributed by atoms with van der Waals surface area (Å²) in [4.78, 5) is 15.6. The van der Waals surface area contributed by atoms with E-state index in [0.29, 0.717) is 30.3 Å². The van der Waals surface area contributed by atoms with E-state index in [1.807, 2.05) is 19.1 Å². The molecular weight excluding hydrogens is 542 g/mol. The van der Waals surface area contributed by atoms with Gasteiger partial charge in [0, 0.05) is 19.2 Å². The highest BCUT2D eigenvalue weighted by atomic mass is 32.2. The van der Waals surface area contributed by atoms with Crippen molar-refractivity contribution in [3.63, 3.8) is 0 Å². The van der Waals surface area contributed by atoms with E-state index in [9.17, 15) is 13.2 Å². The maximum atomic E-state index is 13.9. The highest BCUT2D eigenvalue weighted by molar-refractivity contribution is 7.92. The molecule has 0 unspecified atom stereocenters. The van der Waals surface area contributed by atoms with Crippen LogP contribution in [-0.4, -0.2) is 59.7 Å². The topological polar surface area (TPSA) is 97.4 Å². The SMILES string of the molecule is CCOc1ccc(N(CC(=O)NCc2cccc(CN3CCCCC3)c2)S(=O)(=O)c2ccc(OC)c(OC)c2)cc1. The van der Waals surface area contributed by atoms with Gasteiger partial charge >= 0.3 is 0 Å². The summed E-state index contributed by atoms with van der Waals surface area (Å²) in [7, 11) is -1.23. The van der Waals surface area contributed by atoms with Gasteiger partial charge in [-0.15, -0.1) is 0 Å². The number of carbonyl (C=O) groups excluding carboxylic acids is 1. The van der Waals surface area contributed by atoms with E-state index in [2.05, 4.69) is 22.3 Å². The standard InChI is InChI=1S/C31H39N3O6S/c1-4-40-27-13-11-26(12-14-27)34(41(36,37)28-15-16-29(38-2)30(20-28)39-3)23-31(35)32-21-24-9-8-10-25(19-24)22-33-17-6-5-7-18-33/h8-16,19-20H,4-7,17-18,21-23H2,1-3H3,(H,32,35). The lowest BCUT2D eigenvalue weighted by atomic mass is 10.1. The molecule has 10 heteroatoms. The van der Waals surface area contributed by atoms with Gasteiger partial charge in [-0.05, 0) is 80.4 Å². The van der Waals surface area contributed by atoms with Crippen molar-refractivity contribution in [1.29, 1.82) is 0 Å². The molecule has 0 aliphatic carbocycles. The number of piperidine rings is 1. The minimum absolute atomic E-state index is 0.0257. The van der Waals surface area contributed by atoms with Gasteiger partial charge < -0.3 is 19.5 Å². The zero-order valence-electron chi connectivity index (χ0n) is 24.0. The summed E-state index contributed by atoms with van der Waals surface area (Å²) in [5, 5.41) is 2.90. The van der Waals surface area contributed by atoms with Crippen LogP contribution in [0.5, 0.6) is 17.2 Å². The number of amides is 1. The van der Waals surface area contributed by atoms with E-state index < -0.39 is 22.5 Å². The molecular formula is C31H39N3O6S. The molecule has 220 valence electrons. The van der Waals surface area contributed by atoms with Crippen LogP contribution in [0.2, 0.25) is 0 Å². The molecule has 0 aromatic heterocycles. The zero-order chi connectivity index (χ0) is 29.2. The molecule has 1 heterocycles. The van der Waals surface area contributed by atoms with Crippen molar-refractivity contribution in [2.45, 2.75) is 44.2 Å². The Kier molecular flexibility index (Phi) is 10.5. The zero-order valence-corrected chi connectivity index (χ0v) is 24.8. The second kappa shape index (κ2) is 14.2. The molecule has 41 heavy (non-hydrogen) atoms. The molecule has 3 aromatic rings. The molecule has 0 atom stereocenters. The van der Waals surface area contributed by atoms with Gasteiger partial charge in [0.15, 0.2) is 11.5 Å². The molecule has 1 fully saturated rings. The second-order valence-corrected chi connectivity index (χ2v) is 11.8. The number of ether oxygens (including phenoxy) is 3. The maximum Gasteiger partial charge on any atom is 0.264 e. The van der Waals surface area contributed by atoms with Crippen LogP contribution in [0.4, 0.5) is 5.69 Å². The quantitative estimate of drug-likeness (QED) is 0.315. The molecule has 9 nitrogen and oxygen atoms in total. The highest BCUT2D eigenvalue weighted by Gasteiger charge is 2.28. The molecule has 3 aromatic carbocycles. The third-order valence-electron chi connectivity index (χ3n) is 7.00. The number of nitrogens with one attached hydrogen (secondary N) is 1. The summed E-state index contributed by atoms with van der Waals surface area (Å²) in [6.07, 6.45) is 3.75. The van der Waals surface area contributed by atoms with Gasteiger partial charge in [-0.25, -0.2) is 8.42 Å². The Hall–Kier alpha value is -3.76. The fourth-order valence-corrected chi connectivity index (χ4v) is 6.33. The summed E-state index contributed by atoms with van der Waals surface area (Å²) in [6.45, 7) is 5.34. The average molecular weight is 582 g/mol. The molecule has 0 spiro atoms. The Bertz CT molecular complexity index is 1410. The first-order valence-corrected chi connectivity index (χ1v) is 15.3. The Morgan fingerprint density at radius 1 is 0.902 bits per heavy atom. The molecule has 0 radical (unpaired) electrons. The average Bonchev–Trinajstić information content (AvgIpc) is 2.99. The predicted octanol–water partition coefficient (Wildman–Crippen LogP) is 4.60. The highest BCUT2D eigenvalue weighted by Crippen LogP contribution is 2.32. The van der Waals surface area contributed by atoms with E-state index in [1.165, 1.54) is 57.2 Å². The summed E-state index contributed by atoms with van der Waals surface area (Å²) in [5.41, 5.74) is 2.50. The molecule has 1 aliphatic heterocycles. The van der Waals surface area contributed by atoms with Crippen LogP contribution in [0.1, 0.15) is 37.3 Å². The number of nitrogens with zero attached hydrogens (tertiary/aromatic N) is 2. The number of sulfonamides is 1. The van der Waals surface area contributed by atoms with E-state index in [1.54, 1.807) is 24.3 Å². The lowest BCUT2D eigenvalue weighted by molar-refractivity contribution is -0.119. The third-order valence-corrected chi connectivity index (χ3v) is 8.77. The van der Waals surface area contributed by atoms with Gasteiger partial charge in [-0.2, -0.15) is 0 Å². The molecule has 1 N–H and O–H groups in total. The summed E-state index contributed by atoms with van der Waals surface area (Å²) < 4.78 is 44.9. The number of benzene rings is 3. The maximum absolute atomic E-state index is 13.9. The Morgan fingerprint density at radius 3 is 2.29 bits per heavy atom. The van der Waals surface area contributed by atoms with E-state index in [4.69, 9.17) is 14.2 Å². The van der Waals surface area contributed by atoms with E-state index in [0.717, 1.165) is 29.5 Å². The molecule has 0 saturated carbocycles. The lowest BCUT2D eigenvalue weighted by Crippen LogP contribution is -2.40. The van der Waals surface area contributed by atoms with Crippen LogP contribution in [0.25, 0.3) is 0 Å². The van der Waals surface area contributed by atoms with Gasteiger partial charge in [0.25, 0.3) is 10.0 Å². The molecule has 1 amide bonds. The van der Waals surface area contributed by atoms with Crippen LogP contribution in [0.3, 0.4) is 0 Å². The largest absolute Gasteiger partial charge is 0.494 e. The lowest BCUT2D eigenvalue weighted by Gasteiger charge is -2.26. The van der Waals surface area contributed by atoms with Crippen molar-refractivity contribution in [2.24, 2.45) is 0 Å². The summed E-state index contributed by atoms with van der Waals surface area (Å²) in [6, 6.07) is 19.1. The van der Waals surface area contributed by atoms with Crippen LogP contribution in [0, 0.1) is 0 Å². The molecule has 1 saturated heterocycles. The Balaban J connectivity index is 1.52. The minimum Gasteiger partial charge on any atom is -0.494 e. The molecule has 0 bridgehead atoms. The smallest absolute Gasteiger partial charge is 0.264 e. The molecule has 4 rings (SSSR count). The summed E-state index contributed by atoms with van der Waals surface area (Å²) >= 11 is 0. The van der Waals surface area contributed by atoms with Crippen molar-refractivity contribution >= 4 is 21.6 Å². The fraction of sp³-hybridized carbons (Fsp3) is 0.387. The number of carbonyl (C=O) groups is 1. The van der Waals surface area contributed by atoms with Gasteiger partial charge in [0.05, 0.1) is 31.4 Å². The van der Waals surface area contributed by atoms with Crippen LogP contribution < -0.4 is 23.8 Å². The fourth-order valence-electron chi connectivity index (χ4n) is 4.90. The number of likely N-dealkylation sites (tertiary alicyclic amines) is 1. The van der Waals surface area contributed by atoms with Crippen molar-refractivity contribution < 1.29 is 27.4 Å². The third kappa shape index (κ3) is 7.92. The van der Waals surface area contributed by atoms with Crippen molar-refractivity contribution in [1.82, 2.24) is 10.2 Å². The monoisotopic (exact) mass is 581 g/mol. The number of anilines is 1. The van der Waals surface area contributed by atoms with Gasteiger partial charge in [0.1, 0.15) is 12.3 Å². The van der Waals surface area contributed by atoms with Crippen molar-refractivity contribution in [2.75, 3.05) is 44.8 Å². The van der Waals surface area contributed by atoms with Gasteiger partial charge in [0.2, 0.25) is 5.91 Å². The van der Waals surface area contributed by atoms with Crippen LogP contribution in [0.15, 0.2) is 71.6 Å². The van der Waals surface area contributed by atoms with Crippen molar-refractivity contribution in [3.8, 4) is 17.2 Å². The number of hydrogen-bond donors (Lipinski definition) is 1. The summed E-state index contributed by atoms with van der Waals surface area (Å²) in [5.74, 6) is 0.853. The molecule has 1 aliphatic rings. The predicted molar refractivity (Wildman–Crippen MR) is 159 cm³/mol. The van der Waals surface area contributed by atoms with E-state index in [-0.39, 0.29) is 10.6 Å². The van der Waals surface area contributed by atoms with E-state index >= 15 is 0 Å². The van der Waals surface area contributed by atoms with Crippen LogP contribution >= 0.6 is 0 Å². The first-order valence-electron chi connectivity index (χ1n) is 13.9. The first-order chi connectivity index (χ1) is 19.8. The Labute approximate surface area is 243 Å². The minimum atomic E-state index is -4.15. The number of hydrogen-bond acceptors (Lipinski definition) is 7. The first kappa shape index (κ1) is 30.2. The Morgan fingerprint density at radius 2 is 1.61 bits per heavy atom. The normalized spacial score (nSPS) is 13.8. The number of rotatable bonds is 13. The second-order valence-electron chi connectivity index (χ2n) is 9.89. The van der Waals surface area contributed by atoms with Gasteiger partial charge in [-0.3, -0.25) is 14.0 Å². The van der Waals surface area contributed by atoms with Gasteiger partial charge in [-0.1, -0.05) is 30.7 Å².